The number of nitrogens with zero attached hydrogens (tertiary/aromatic N) is 5. The summed E-state index contributed by atoms with van der Waals surface area (Å²) in [5, 5.41) is 12.2. The minimum atomic E-state index is -0.120. The largest absolute Gasteiger partial charge is 0.387 e. The van der Waals surface area contributed by atoms with Crippen LogP contribution in [0, 0.1) is 6.92 Å². The predicted octanol–water partition coefficient (Wildman–Crippen LogP) is 5.10. The van der Waals surface area contributed by atoms with Gasteiger partial charge in [0.2, 0.25) is 0 Å². The molecule has 9 nitrogen and oxygen atoms in total. The van der Waals surface area contributed by atoms with Crippen molar-refractivity contribution in [3.8, 4) is 0 Å². The van der Waals surface area contributed by atoms with Gasteiger partial charge in [-0.15, -0.1) is 0 Å². The highest BCUT2D eigenvalue weighted by atomic mass is 35.5. The molecule has 0 spiro atoms. The second-order valence-electron chi connectivity index (χ2n) is 11.2. The van der Waals surface area contributed by atoms with E-state index in [9.17, 15) is 4.79 Å². The lowest BCUT2D eigenvalue weighted by Gasteiger charge is -2.35. The van der Waals surface area contributed by atoms with E-state index in [2.05, 4.69) is 40.8 Å². The van der Waals surface area contributed by atoms with E-state index < -0.39 is 0 Å². The maximum atomic E-state index is 13.8. The summed E-state index contributed by atoms with van der Waals surface area (Å²) in [4.78, 5) is 23.1. The standard InChI is InChI=1S/C32H38ClN7O2/c1-22-18-40-30(36-31(22)38-15-13-35-25(19-38)21-42-20-23-8-4-3-5-9-23)17-28(37-40)29-10-6-7-14-39(29)32(41)26-16-24(33)11-12-27(26)34-2/h3-5,8-9,11-12,16-18,25,29,34-35H,6-7,10,13-15,19-21H2,1-2H3/t25?,29-/m0/s1. The molecule has 2 saturated heterocycles. The van der Waals surface area contributed by atoms with Crippen LogP contribution in [0.15, 0.2) is 60.8 Å². The van der Waals surface area contributed by atoms with Gasteiger partial charge in [-0.1, -0.05) is 41.9 Å². The van der Waals surface area contributed by atoms with Gasteiger partial charge in [-0.05, 0) is 49.9 Å². The molecule has 10 heteroatoms. The van der Waals surface area contributed by atoms with Crippen LogP contribution in [0.2, 0.25) is 5.02 Å². The number of nitrogens with one attached hydrogen (secondary N) is 2. The van der Waals surface area contributed by atoms with Gasteiger partial charge in [-0.2, -0.15) is 5.10 Å². The number of likely N-dealkylation sites (tertiary alicyclic amines) is 1. The Morgan fingerprint density at radius 2 is 2.00 bits per heavy atom. The number of fused-ring (bicyclic) bond motifs is 1. The second-order valence-corrected chi connectivity index (χ2v) is 11.6. The second kappa shape index (κ2) is 12.7. The number of piperazine rings is 1. The maximum absolute atomic E-state index is 13.8. The summed E-state index contributed by atoms with van der Waals surface area (Å²) in [6, 6.07) is 17.8. The number of aromatic nitrogens is 3. The highest BCUT2D eigenvalue weighted by Gasteiger charge is 2.32. The lowest BCUT2D eigenvalue weighted by Crippen LogP contribution is -2.53. The Kier molecular flexibility index (Phi) is 8.60. The first-order valence-corrected chi connectivity index (χ1v) is 15.1. The van der Waals surface area contributed by atoms with Crippen LogP contribution in [0.3, 0.4) is 0 Å². The Morgan fingerprint density at radius 1 is 1.14 bits per heavy atom. The summed E-state index contributed by atoms with van der Waals surface area (Å²) < 4.78 is 7.88. The van der Waals surface area contributed by atoms with Crippen LogP contribution in [0.1, 0.15) is 52.5 Å². The summed E-state index contributed by atoms with van der Waals surface area (Å²) in [5.41, 5.74) is 5.25. The number of ether oxygens (including phenoxy) is 1. The Morgan fingerprint density at radius 3 is 2.83 bits per heavy atom. The van der Waals surface area contributed by atoms with E-state index >= 15 is 0 Å². The van der Waals surface area contributed by atoms with Crippen LogP contribution in [-0.2, 0) is 11.3 Å². The van der Waals surface area contributed by atoms with Crippen molar-refractivity contribution in [2.75, 3.05) is 50.1 Å². The molecular formula is C32H38ClN7O2. The third-order valence-corrected chi connectivity index (χ3v) is 8.43. The van der Waals surface area contributed by atoms with E-state index in [4.69, 9.17) is 26.4 Å². The van der Waals surface area contributed by atoms with Crippen molar-refractivity contribution in [2.24, 2.45) is 0 Å². The highest BCUT2D eigenvalue weighted by Crippen LogP contribution is 2.34. The molecule has 0 saturated carbocycles. The number of rotatable bonds is 8. The fraction of sp³-hybridized carbons (Fsp3) is 0.406. The third kappa shape index (κ3) is 6.09. The zero-order valence-electron chi connectivity index (χ0n) is 24.2. The van der Waals surface area contributed by atoms with Crippen LogP contribution >= 0.6 is 11.6 Å². The molecule has 1 unspecified atom stereocenters. The number of carbonyl (C=O) groups excluding carboxylic acids is 1. The third-order valence-electron chi connectivity index (χ3n) is 8.20. The van der Waals surface area contributed by atoms with Crippen LogP contribution in [0.4, 0.5) is 11.5 Å². The number of halogens is 1. The molecule has 2 atom stereocenters. The smallest absolute Gasteiger partial charge is 0.256 e. The van der Waals surface area contributed by atoms with E-state index in [0.717, 1.165) is 67.3 Å². The molecule has 4 aromatic rings. The quantitative estimate of drug-likeness (QED) is 0.297. The number of hydrogen-bond acceptors (Lipinski definition) is 7. The minimum Gasteiger partial charge on any atom is -0.387 e. The van der Waals surface area contributed by atoms with Crippen molar-refractivity contribution >= 4 is 34.7 Å². The zero-order chi connectivity index (χ0) is 29.1. The van der Waals surface area contributed by atoms with E-state index in [1.165, 1.54) is 5.56 Å². The Bertz CT molecular complexity index is 1540. The summed E-state index contributed by atoms with van der Waals surface area (Å²) in [5.74, 6) is 0.937. The molecule has 6 rings (SSSR count). The van der Waals surface area contributed by atoms with E-state index in [-0.39, 0.29) is 18.0 Å². The first-order valence-electron chi connectivity index (χ1n) is 14.8. The van der Waals surface area contributed by atoms with Gasteiger partial charge in [0.1, 0.15) is 5.82 Å². The monoisotopic (exact) mass is 587 g/mol. The summed E-state index contributed by atoms with van der Waals surface area (Å²) in [6.45, 7) is 6.57. The van der Waals surface area contributed by atoms with Crippen molar-refractivity contribution in [3.63, 3.8) is 0 Å². The molecule has 2 fully saturated rings. The normalized spacial score (nSPS) is 19.3. The molecule has 2 N–H and O–H groups in total. The van der Waals surface area contributed by atoms with Gasteiger partial charge in [0.05, 0.1) is 30.5 Å². The highest BCUT2D eigenvalue weighted by molar-refractivity contribution is 6.31. The molecule has 0 aliphatic carbocycles. The lowest BCUT2D eigenvalue weighted by atomic mass is 9.98. The van der Waals surface area contributed by atoms with E-state index in [1.54, 1.807) is 12.1 Å². The number of amides is 1. The molecule has 2 aromatic heterocycles. The molecule has 0 radical (unpaired) electrons. The molecule has 42 heavy (non-hydrogen) atoms. The Balaban J connectivity index is 1.19. The lowest BCUT2D eigenvalue weighted by molar-refractivity contribution is 0.0606. The Hall–Kier alpha value is -3.66. The fourth-order valence-corrected chi connectivity index (χ4v) is 6.25. The van der Waals surface area contributed by atoms with Gasteiger partial charge >= 0.3 is 0 Å². The van der Waals surface area contributed by atoms with Gasteiger partial charge in [0.15, 0.2) is 5.65 Å². The number of anilines is 2. The topological polar surface area (TPSA) is 87.0 Å². The van der Waals surface area contributed by atoms with Crippen LogP contribution < -0.4 is 15.5 Å². The molecule has 2 aromatic carbocycles. The predicted molar refractivity (Wildman–Crippen MR) is 166 cm³/mol. The first-order chi connectivity index (χ1) is 20.5. The molecule has 1 amide bonds. The molecule has 2 aliphatic rings. The molecule has 0 bridgehead atoms. The van der Waals surface area contributed by atoms with Crippen molar-refractivity contribution in [1.29, 1.82) is 0 Å². The van der Waals surface area contributed by atoms with E-state index in [0.29, 0.717) is 30.3 Å². The zero-order valence-corrected chi connectivity index (χ0v) is 25.0. The van der Waals surface area contributed by atoms with Gasteiger partial charge in [0, 0.05) is 67.8 Å². The number of carbonyl (C=O) groups is 1. The van der Waals surface area contributed by atoms with Gasteiger partial charge < -0.3 is 25.2 Å². The van der Waals surface area contributed by atoms with E-state index in [1.807, 2.05) is 46.8 Å². The molecule has 2 aliphatic heterocycles. The molecular weight excluding hydrogens is 550 g/mol. The maximum Gasteiger partial charge on any atom is 0.256 e. The molecule has 220 valence electrons. The average Bonchev–Trinajstić information content (AvgIpc) is 3.43. The van der Waals surface area contributed by atoms with Crippen LogP contribution in [0.5, 0.6) is 0 Å². The number of hydrogen-bond donors (Lipinski definition) is 2. The average molecular weight is 588 g/mol. The summed E-state index contributed by atoms with van der Waals surface area (Å²) >= 11 is 6.28. The summed E-state index contributed by atoms with van der Waals surface area (Å²) in [7, 11) is 1.82. The van der Waals surface area contributed by atoms with Crippen molar-refractivity contribution in [2.45, 2.75) is 44.9 Å². The Labute approximate surface area is 251 Å². The van der Waals surface area contributed by atoms with Gasteiger partial charge in [0.25, 0.3) is 5.91 Å². The van der Waals surface area contributed by atoms with Gasteiger partial charge in [-0.25, -0.2) is 9.50 Å². The fourth-order valence-electron chi connectivity index (χ4n) is 6.07. The van der Waals surface area contributed by atoms with Crippen molar-refractivity contribution < 1.29 is 9.53 Å². The van der Waals surface area contributed by atoms with Crippen molar-refractivity contribution in [3.05, 3.63) is 88.2 Å². The number of piperidine rings is 1. The van der Waals surface area contributed by atoms with Crippen molar-refractivity contribution in [1.82, 2.24) is 24.8 Å². The minimum absolute atomic E-state index is 0.0326. The van der Waals surface area contributed by atoms with Crippen LogP contribution in [0.25, 0.3) is 5.65 Å². The number of benzene rings is 2. The first kappa shape index (κ1) is 28.5. The number of aryl methyl sites for hydroxylation is 1. The summed E-state index contributed by atoms with van der Waals surface area (Å²) in [6.07, 6.45) is 4.92. The SMILES string of the molecule is CNc1ccc(Cl)cc1C(=O)N1CCCC[C@H]1c1cc2nc(N3CCNC(COCc4ccccc4)C3)c(C)cn2n1. The van der Waals surface area contributed by atoms with Crippen LogP contribution in [-0.4, -0.2) is 71.3 Å². The molecule has 4 heterocycles. The van der Waals surface area contributed by atoms with Gasteiger partial charge in [-0.3, -0.25) is 4.79 Å².